The maximum atomic E-state index is 13.6. The molecule has 0 bridgehead atoms. The number of nitriles is 1. The lowest BCUT2D eigenvalue weighted by Crippen LogP contribution is -2.52. The van der Waals surface area contributed by atoms with Crippen LogP contribution in [0.3, 0.4) is 0 Å². The number of carbonyl (C=O) groups excluding carboxylic acids is 2. The van der Waals surface area contributed by atoms with Crippen LogP contribution in [-0.4, -0.2) is 117 Å². The molecule has 2 saturated heterocycles. The Morgan fingerprint density at radius 1 is 1.08 bits per heavy atom. The number of alkyl carbamates (subject to hydrolysis) is 1. The third kappa shape index (κ3) is 9.05. The van der Waals surface area contributed by atoms with E-state index in [-0.39, 0.29) is 5.91 Å². The minimum absolute atomic E-state index is 0.229. The van der Waals surface area contributed by atoms with Gasteiger partial charge in [-0.15, -0.1) is 0 Å². The van der Waals surface area contributed by atoms with Gasteiger partial charge >= 0.3 is 6.09 Å². The molecule has 218 valence electrons. The summed E-state index contributed by atoms with van der Waals surface area (Å²) in [5, 5.41) is 15.7. The Labute approximate surface area is 233 Å². The molecule has 2 amide bonds. The zero-order valence-electron chi connectivity index (χ0n) is 23.7. The van der Waals surface area contributed by atoms with E-state index < -0.39 is 17.7 Å². The second-order valence-corrected chi connectivity index (χ2v) is 11.6. The molecule has 0 radical (unpaired) electrons. The first kappa shape index (κ1) is 29.6. The fourth-order valence-electron chi connectivity index (χ4n) is 6.09. The summed E-state index contributed by atoms with van der Waals surface area (Å²) in [6, 6.07) is 1.68. The van der Waals surface area contributed by atoms with Gasteiger partial charge in [0.2, 0.25) is 11.9 Å². The van der Waals surface area contributed by atoms with Crippen molar-refractivity contribution < 1.29 is 19.1 Å². The number of hydrogen-bond acceptors (Lipinski definition) is 8. The highest BCUT2D eigenvalue weighted by Gasteiger charge is 2.37. The van der Waals surface area contributed by atoms with Gasteiger partial charge in [0.25, 0.3) is 0 Å². The van der Waals surface area contributed by atoms with E-state index in [2.05, 4.69) is 33.6 Å². The first-order valence-electron chi connectivity index (χ1n) is 14.9. The predicted octanol–water partition coefficient (Wildman–Crippen LogP) is 1.94. The first-order valence-corrected chi connectivity index (χ1v) is 14.9. The highest BCUT2D eigenvalue weighted by atomic mass is 16.5. The average Bonchev–Trinajstić information content (AvgIpc) is 3.65. The molecule has 11 heteroatoms. The highest BCUT2D eigenvalue weighted by molar-refractivity contribution is 5.96. The van der Waals surface area contributed by atoms with Gasteiger partial charge in [0.1, 0.15) is 18.2 Å². The van der Waals surface area contributed by atoms with E-state index in [4.69, 9.17) is 14.5 Å². The number of morpholine rings is 1. The van der Waals surface area contributed by atoms with E-state index in [1.54, 1.807) is 0 Å². The largest absolute Gasteiger partial charge is 0.448 e. The van der Waals surface area contributed by atoms with Crippen molar-refractivity contribution in [1.82, 2.24) is 25.3 Å². The molecule has 2 aliphatic heterocycles. The van der Waals surface area contributed by atoms with Crippen LogP contribution in [-0.2, 0) is 14.3 Å². The molecule has 0 unspecified atom stereocenters. The standard InChI is InChI=1S/C28H47N7O4/c1-33-12-14-34(15-13-33)16-21-39-27(37)31-26(35-17-19-38-20-18-35)30-24(9-8-23-6-2-3-7-23)25(36)32-28(22-29)10-4-5-11-28/h23-24H,2-21H2,1H3,(H,32,36)(H,30,31,37)/t24-/m0/s1. The average molecular weight is 546 g/mol. The highest BCUT2D eigenvalue weighted by Crippen LogP contribution is 2.31. The Hall–Kier alpha value is -2.42. The Morgan fingerprint density at radius 2 is 1.77 bits per heavy atom. The maximum absolute atomic E-state index is 13.6. The second-order valence-electron chi connectivity index (χ2n) is 11.6. The van der Waals surface area contributed by atoms with E-state index in [1.165, 1.54) is 25.7 Å². The molecule has 0 aromatic heterocycles. The molecule has 2 aliphatic carbocycles. The normalized spacial score (nSPS) is 23.8. The lowest BCUT2D eigenvalue weighted by molar-refractivity contribution is -0.123. The summed E-state index contributed by atoms with van der Waals surface area (Å²) in [7, 11) is 2.11. The lowest BCUT2D eigenvalue weighted by Gasteiger charge is -2.32. The van der Waals surface area contributed by atoms with Gasteiger partial charge in [-0.05, 0) is 51.5 Å². The van der Waals surface area contributed by atoms with Gasteiger partial charge in [-0.25, -0.2) is 9.79 Å². The molecule has 2 heterocycles. The minimum Gasteiger partial charge on any atom is -0.448 e. The molecule has 0 aromatic carbocycles. The molecule has 1 atom stereocenters. The van der Waals surface area contributed by atoms with Crippen molar-refractivity contribution in [2.24, 2.45) is 10.9 Å². The molecular weight excluding hydrogens is 498 g/mol. The fourth-order valence-corrected chi connectivity index (χ4v) is 6.09. The van der Waals surface area contributed by atoms with E-state index in [9.17, 15) is 14.9 Å². The van der Waals surface area contributed by atoms with Crippen molar-refractivity contribution in [3.8, 4) is 6.07 Å². The van der Waals surface area contributed by atoms with Crippen LogP contribution in [0.4, 0.5) is 4.79 Å². The van der Waals surface area contributed by atoms with Gasteiger partial charge in [0.05, 0.1) is 19.3 Å². The molecule has 0 spiro atoms. The number of carbonyl (C=O) groups is 2. The van der Waals surface area contributed by atoms with Gasteiger partial charge < -0.3 is 24.6 Å². The van der Waals surface area contributed by atoms with Gasteiger partial charge in [0.15, 0.2) is 0 Å². The van der Waals surface area contributed by atoms with Crippen LogP contribution < -0.4 is 10.6 Å². The zero-order valence-corrected chi connectivity index (χ0v) is 23.7. The molecule has 4 aliphatic rings. The lowest BCUT2D eigenvalue weighted by atomic mass is 9.96. The van der Waals surface area contributed by atoms with Crippen LogP contribution >= 0.6 is 0 Å². The fraction of sp³-hybridized carbons (Fsp3) is 0.857. The van der Waals surface area contributed by atoms with E-state index in [0.717, 1.165) is 45.4 Å². The van der Waals surface area contributed by atoms with Gasteiger partial charge in [-0.1, -0.05) is 25.7 Å². The van der Waals surface area contributed by atoms with Gasteiger partial charge in [0, 0.05) is 45.8 Å². The Morgan fingerprint density at radius 3 is 2.44 bits per heavy atom. The van der Waals surface area contributed by atoms with E-state index in [0.29, 0.717) is 70.6 Å². The Balaban J connectivity index is 1.42. The van der Waals surface area contributed by atoms with Gasteiger partial charge in [-0.3, -0.25) is 15.0 Å². The topological polar surface area (TPSA) is 123 Å². The Bertz CT molecular complexity index is 866. The summed E-state index contributed by atoms with van der Waals surface area (Å²) in [5.41, 5.74) is -0.813. The van der Waals surface area contributed by atoms with E-state index >= 15 is 0 Å². The van der Waals surface area contributed by atoms with Crippen molar-refractivity contribution in [3.05, 3.63) is 0 Å². The second kappa shape index (κ2) is 14.8. The summed E-state index contributed by atoms with van der Waals surface area (Å²) in [6.07, 6.45) is 9.00. The number of amides is 2. The summed E-state index contributed by atoms with van der Waals surface area (Å²) >= 11 is 0. The van der Waals surface area contributed by atoms with Crippen LogP contribution in [0.2, 0.25) is 0 Å². The van der Waals surface area contributed by atoms with Crippen molar-refractivity contribution in [3.63, 3.8) is 0 Å². The zero-order chi connectivity index (χ0) is 27.5. The summed E-state index contributed by atoms with van der Waals surface area (Å²) in [4.78, 5) is 37.8. The monoisotopic (exact) mass is 545 g/mol. The van der Waals surface area contributed by atoms with Crippen molar-refractivity contribution in [2.45, 2.75) is 75.8 Å². The number of guanidine groups is 1. The number of likely N-dealkylation sites (N-methyl/N-ethyl adjacent to an activating group) is 1. The summed E-state index contributed by atoms with van der Waals surface area (Å²) in [6.45, 7) is 7.11. The third-order valence-corrected chi connectivity index (χ3v) is 8.70. The van der Waals surface area contributed by atoms with Gasteiger partial charge in [-0.2, -0.15) is 5.26 Å². The number of nitrogens with zero attached hydrogens (tertiary/aromatic N) is 5. The molecule has 2 N–H and O–H groups in total. The molecule has 2 saturated carbocycles. The van der Waals surface area contributed by atoms with Crippen molar-refractivity contribution in [2.75, 3.05) is 72.7 Å². The maximum Gasteiger partial charge on any atom is 0.414 e. The number of nitrogens with one attached hydrogen (secondary N) is 2. The number of hydrogen-bond donors (Lipinski definition) is 2. The van der Waals surface area contributed by atoms with E-state index in [1.807, 2.05) is 4.90 Å². The molecule has 0 aromatic rings. The number of ether oxygens (including phenoxy) is 2. The quantitative estimate of drug-likeness (QED) is 0.333. The van der Waals surface area contributed by atoms with Crippen LogP contribution in [0.1, 0.15) is 64.2 Å². The molecule has 4 rings (SSSR count). The van der Waals surface area contributed by atoms with Crippen molar-refractivity contribution >= 4 is 18.0 Å². The molecule has 11 nitrogen and oxygen atoms in total. The minimum atomic E-state index is -0.813. The number of piperazine rings is 1. The smallest absolute Gasteiger partial charge is 0.414 e. The SMILES string of the molecule is CN1CCN(CCOC(=O)NC(=N[C@@H](CCC2CCCC2)C(=O)NC2(C#N)CCCC2)N2CCOCC2)CC1. The van der Waals surface area contributed by atoms with Crippen LogP contribution in [0.25, 0.3) is 0 Å². The van der Waals surface area contributed by atoms with Crippen LogP contribution in [0.15, 0.2) is 4.99 Å². The molecule has 4 fully saturated rings. The summed E-state index contributed by atoms with van der Waals surface area (Å²) in [5.74, 6) is 0.727. The number of aliphatic imine (C=N–C) groups is 1. The number of rotatable bonds is 9. The third-order valence-electron chi connectivity index (χ3n) is 8.70. The van der Waals surface area contributed by atoms with Crippen LogP contribution in [0.5, 0.6) is 0 Å². The molecule has 39 heavy (non-hydrogen) atoms. The first-order chi connectivity index (χ1) is 19.0. The van der Waals surface area contributed by atoms with Crippen LogP contribution in [0, 0.1) is 17.2 Å². The Kier molecular flexibility index (Phi) is 11.2. The van der Waals surface area contributed by atoms with Crippen molar-refractivity contribution in [1.29, 1.82) is 5.26 Å². The predicted molar refractivity (Wildman–Crippen MR) is 148 cm³/mol. The summed E-state index contributed by atoms with van der Waals surface area (Å²) < 4.78 is 11.0. The molecular formula is C28H47N7O4.